The molecular formula is C23H20F3N11O3S. The Morgan fingerprint density at radius 2 is 1.85 bits per heavy atom. The van der Waals surface area contributed by atoms with Crippen LogP contribution in [0.15, 0.2) is 37.2 Å². The smallest absolute Gasteiger partial charge is 0.420 e. The summed E-state index contributed by atoms with van der Waals surface area (Å²) in [5.74, 6) is -1.98. The average Bonchev–Trinajstić information content (AvgIpc) is 3.62. The maximum atomic E-state index is 13.0. The van der Waals surface area contributed by atoms with Crippen molar-refractivity contribution in [3.05, 3.63) is 64.0 Å². The zero-order chi connectivity index (χ0) is 29.6. The molecule has 18 heteroatoms. The second-order valence-electron chi connectivity index (χ2n) is 8.18. The zero-order valence-electron chi connectivity index (χ0n) is 20.9. The maximum Gasteiger partial charge on any atom is 0.420 e. The molecule has 212 valence electrons. The number of amides is 2. The Bertz CT molecular complexity index is 1600. The first-order chi connectivity index (χ1) is 19.5. The molecule has 0 fully saturated rings. The van der Waals surface area contributed by atoms with Gasteiger partial charge in [-0.05, 0) is 13.0 Å². The molecule has 0 spiro atoms. The first kappa shape index (κ1) is 28.7. The van der Waals surface area contributed by atoms with Crippen molar-refractivity contribution in [2.45, 2.75) is 19.1 Å². The van der Waals surface area contributed by atoms with Crippen LogP contribution in [0.2, 0.25) is 0 Å². The van der Waals surface area contributed by atoms with E-state index in [1.807, 2.05) is 6.07 Å². The molecule has 2 amide bonds. The normalized spacial score (nSPS) is 11.8. The molecular weight excluding hydrogens is 567 g/mol. The van der Waals surface area contributed by atoms with Crippen molar-refractivity contribution in [2.75, 3.05) is 29.0 Å². The van der Waals surface area contributed by atoms with Gasteiger partial charge in [-0.1, -0.05) is 0 Å². The second-order valence-corrected chi connectivity index (χ2v) is 9.24. The van der Waals surface area contributed by atoms with Crippen LogP contribution >= 0.6 is 11.3 Å². The molecule has 0 bridgehead atoms. The number of nitrogens with zero attached hydrogens (tertiary/aromatic N) is 6. The SMILES string of the molecule is CC(NC(=O)c1cc(NCCNc2nc[nH]c2C#N)ncn1)c1ncc(C(=O)Nc2cc(C(F)(F)F)c(O)cn2)s1. The summed E-state index contributed by atoms with van der Waals surface area (Å²) in [6.07, 6.45) is -0.418. The van der Waals surface area contributed by atoms with Crippen LogP contribution in [0.3, 0.4) is 0 Å². The van der Waals surface area contributed by atoms with Crippen molar-refractivity contribution in [1.82, 2.24) is 35.2 Å². The summed E-state index contributed by atoms with van der Waals surface area (Å²) in [6.45, 7) is 2.44. The van der Waals surface area contributed by atoms with E-state index < -0.39 is 41.2 Å². The molecule has 4 aromatic rings. The number of aromatic hydroxyl groups is 1. The molecule has 14 nitrogen and oxygen atoms in total. The molecule has 0 saturated carbocycles. The van der Waals surface area contributed by atoms with Gasteiger partial charge in [0.15, 0.2) is 11.5 Å². The largest absolute Gasteiger partial charge is 0.506 e. The summed E-state index contributed by atoms with van der Waals surface area (Å²) < 4.78 is 39.0. The van der Waals surface area contributed by atoms with Gasteiger partial charge in [0.25, 0.3) is 11.8 Å². The molecule has 0 saturated heterocycles. The van der Waals surface area contributed by atoms with Gasteiger partial charge in [0.2, 0.25) is 0 Å². The lowest BCUT2D eigenvalue weighted by atomic mass is 10.2. The summed E-state index contributed by atoms with van der Waals surface area (Å²) in [7, 11) is 0. The van der Waals surface area contributed by atoms with Gasteiger partial charge in [-0.25, -0.2) is 24.9 Å². The number of aromatic amines is 1. The highest BCUT2D eigenvalue weighted by Gasteiger charge is 2.34. The molecule has 0 aliphatic heterocycles. The van der Waals surface area contributed by atoms with E-state index in [4.69, 9.17) is 5.26 Å². The number of anilines is 3. The number of halogens is 3. The number of pyridine rings is 1. The summed E-state index contributed by atoms with van der Waals surface area (Å²) in [4.78, 5) is 47.8. The molecule has 0 aliphatic rings. The standard InChI is InChI=1S/C23H20F3N11O3S/c1-11(22-31-8-16(41-22)21(40)37-18-4-12(23(24,25)26)15(38)7-30-18)36-20(39)13-5-17(34-9-32-13)28-2-3-29-19-14(6-27)33-10-35-19/h4-5,7-11,29,38H,2-3H2,1H3,(H,33,35)(H,36,39)(H,28,32,34)(H,30,37,40). The van der Waals surface area contributed by atoms with Gasteiger partial charge in [-0.2, -0.15) is 18.4 Å². The summed E-state index contributed by atoms with van der Waals surface area (Å²) in [6, 6.07) is 3.29. The molecule has 0 aliphatic carbocycles. The number of imidazole rings is 1. The van der Waals surface area contributed by atoms with E-state index in [9.17, 15) is 27.9 Å². The van der Waals surface area contributed by atoms with Gasteiger partial charge in [-0.3, -0.25) is 9.59 Å². The van der Waals surface area contributed by atoms with Crippen molar-refractivity contribution < 1.29 is 27.9 Å². The third kappa shape index (κ3) is 7.21. The topological polar surface area (TPSA) is 207 Å². The Balaban J connectivity index is 1.31. The number of H-pyrrole nitrogens is 1. The molecule has 4 aromatic heterocycles. The van der Waals surface area contributed by atoms with E-state index >= 15 is 0 Å². The van der Waals surface area contributed by atoms with Crippen molar-refractivity contribution >= 4 is 40.6 Å². The van der Waals surface area contributed by atoms with Crippen LogP contribution in [0.5, 0.6) is 5.75 Å². The number of hydrogen-bond acceptors (Lipinski definition) is 12. The number of alkyl halides is 3. The summed E-state index contributed by atoms with van der Waals surface area (Å²) >= 11 is 0.920. The Labute approximate surface area is 233 Å². The highest BCUT2D eigenvalue weighted by molar-refractivity contribution is 7.13. The molecule has 0 aromatic carbocycles. The van der Waals surface area contributed by atoms with Gasteiger partial charge in [0, 0.05) is 19.2 Å². The number of carbonyl (C=O) groups is 2. The van der Waals surface area contributed by atoms with Crippen LogP contribution in [0.4, 0.5) is 30.6 Å². The summed E-state index contributed by atoms with van der Waals surface area (Å²) in [5.41, 5.74) is -0.969. The minimum absolute atomic E-state index is 0.0587. The Morgan fingerprint density at radius 3 is 2.61 bits per heavy atom. The summed E-state index contributed by atoms with van der Waals surface area (Å²) in [5, 5.41) is 29.7. The molecule has 41 heavy (non-hydrogen) atoms. The fraction of sp³-hybridized carbons (Fsp3) is 0.217. The quantitative estimate of drug-likeness (QED) is 0.149. The number of carbonyl (C=O) groups excluding carboxylic acids is 2. The van der Waals surface area contributed by atoms with Crippen LogP contribution in [0.1, 0.15) is 49.4 Å². The van der Waals surface area contributed by atoms with Gasteiger partial charge >= 0.3 is 6.18 Å². The lowest BCUT2D eigenvalue weighted by Crippen LogP contribution is -2.27. The Kier molecular flexibility index (Phi) is 8.57. The van der Waals surface area contributed by atoms with E-state index in [2.05, 4.69) is 51.2 Å². The number of thiazole rings is 1. The zero-order valence-corrected chi connectivity index (χ0v) is 21.8. The monoisotopic (exact) mass is 587 g/mol. The van der Waals surface area contributed by atoms with Crippen LogP contribution in [-0.4, -0.2) is 59.9 Å². The van der Waals surface area contributed by atoms with Gasteiger partial charge in [0.1, 0.15) is 50.9 Å². The first-order valence-electron chi connectivity index (χ1n) is 11.6. The average molecular weight is 588 g/mol. The predicted molar refractivity (Wildman–Crippen MR) is 139 cm³/mol. The van der Waals surface area contributed by atoms with E-state index in [0.29, 0.717) is 47.7 Å². The number of hydrogen-bond donors (Lipinski definition) is 6. The molecule has 0 radical (unpaired) electrons. The molecule has 4 heterocycles. The minimum atomic E-state index is -4.83. The Hall–Kier alpha value is -5.31. The second kappa shape index (κ2) is 12.3. The van der Waals surface area contributed by atoms with Gasteiger partial charge < -0.3 is 31.4 Å². The predicted octanol–water partition coefficient (Wildman–Crippen LogP) is 2.91. The fourth-order valence-electron chi connectivity index (χ4n) is 3.31. The minimum Gasteiger partial charge on any atom is -0.506 e. The molecule has 6 N–H and O–H groups in total. The van der Waals surface area contributed by atoms with Crippen molar-refractivity contribution in [1.29, 1.82) is 5.26 Å². The van der Waals surface area contributed by atoms with Crippen molar-refractivity contribution in [3.8, 4) is 11.8 Å². The van der Waals surface area contributed by atoms with Crippen LogP contribution in [-0.2, 0) is 6.18 Å². The molecule has 1 atom stereocenters. The number of nitriles is 1. The van der Waals surface area contributed by atoms with Gasteiger partial charge in [-0.15, -0.1) is 11.3 Å². The van der Waals surface area contributed by atoms with Crippen LogP contribution < -0.4 is 21.3 Å². The van der Waals surface area contributed by atoms with Crippen molar-refractivity contribution in [3.63, 3.8) is 0 Å². The van der Waals surface area contributed by atoms with Crippen molar-refractivity contribution in [2.24, 2.45) is 0 Å². The number of rotatable bonds is 10. The van der Waals surface area contributed by atoms with Gasteiger partial charge in [0.05, 0.1) is 24.8 Å². The van der Waals surface area contributed by atoms with E-state index in [0.717, 1.165) is 11.3 Å². The first-order valence-corrected chi connectivity index (χ1v) is 12.4. The third-order valence-corrected chi connectivity index (χ3v) is 6.45. The van der Waals surface area contributed by atoms with E-state index in [-0.39, 0.29) is 10.6 Å². The lowest BCUT2D eigenvalue weighted by molar-refractivity contribution is -0.138. The van der Waals surface area contributed by atoms with Crippen LogP contribution in [0, 0.1) is 11.3 Å². The number of nitrogens with one attached hydrogen (secondary N) is 5. The number of aromatic nitrogens is 6. The van der Waals surface area contributed by atoms with E-state index in [1.165, 1.54) is 24.9 Å². The lowest BCUT2D eigenvalue weighted by Gasteiger charge is -2.12. The van der Waals surface area contributed by atoms with Crippen LogP contribution in [0.25, 0.3) is 0 Å². The Morgan fingerprint density at radius 1 is 1.07 bits per heavy atom. The van der Waals surface area contributed by atoms with E-state index in [1.54, 1.807) is 6.92 Å². The highest BCUT2D eigenvalue weighted by Crippen LogP contribution is 2.36. The maximum absolute atomic E-state index is 13.0. The fourth-order valence-corrected chi connectivity index (χ4v) is 4.13. The molecule has 4 rings (SSSR count). The highest BCUT2D eigenvalue weighted by atomic mass is 32.1. The molecule has 1 unspecified atom stereocenters. The third-order valence-electron chi connectivity index (χ3n) is 5.27.